The van der Waals surface area contributed by atoms with Crippen LogP contribution < -0.4 is 10.9 Å². The van der Waals surface area contributed by atoms with Crippen LogP contribution in [0.15, 0.2) is 47.3 Å². The maximum absolute atomic E-state index is 13.3. The summed E-state index contributed by atoms with van der Waals surface area (Å²) in [6, 6.07) is 11.6. The van der Waals surface area contributed by atoms with Crippen molar-refractivity contribution in [3.63, 3.8) is 0 Å². The van der Waals surface area contributed by atoms with E-state index in [1.807, 2.05) is 31.2 Å². The maximum atomic E-state index is 13.3. The number of fused-ring (bicyclic) bond motifs is 1. The van der Waals surface area contributed by atoms with Gasteiger partial charge in [-0.3, -0.25) is 4.79 Å². The molecule has 2 heterocycles. The minimum absolute atomic E-state index is 0.0707. The number of nitrogens with zero attached hydrogens (tertiary/aromatic N) is 2. The van der Waals surface area contributed by atoms with E-state index in [0.717, 1.165) is 16.8 Å². The summed E-state index contributed by atoms with van der Waals surface area (Å²) in [7, 11) is 0. The molecular formula is C22H20ClFN4O2. The van der Waals surface area contributed by atoms with Gasteiger partial charge in [-0.1, -0.05) is 35.9 Å². The molecule has 0 spiro atoms. The minimum atomic E-state index is -0.555. The number of aromatic nitrogens is 2. The number of carbonyl (C=O) groups excluding carboxylic acids is 1. The first-order valence-electron chi connectivity index (χ1n) is 9.57. The molecule has 2 aromatic carbocycles. The van der Waals surface area contributed by atoms with Crippen molar-refractivity contribution >= 4 is 23.3 Å². The standard InChI is InChI=1S/C22H20ClFN4O2/c1-13-4-2-3-5-14(13)10-20-26-19-8-9-28(12-16(19)21(29)27-20)22(30)25-15-6-7-18(24)17(23)11-15/h2-7,11H,8-10,12H2,1H3,(H,25,30)(H,26,27,29). The largest absolute Gasteiger partial charge is 0.322 e. The molecule has 154 valence electrons. The van der Waals surface area contributed by atoms with Gasteiger partial charge in [0.05, 0.1) is 22.8 Å². The summed E-state index contributed by atoms with van der Waals surface area (Å²) < 4.78 is 13.3. The van der Waals surface area contributed by atoms with E-state index in [-0.39, 0.29) is 23.2 Å². The third kappa shape index (κ3) is 4.21. The molecule has 0 saturated carbocycles. The fourth-order valence-electron chi connectivity index (χ4n) is 3.50. The third-order valence-electron chi connectivity index (χ3n) is 5.19. The van der Waals surface area contributed by atoms with Gasteiger partial charge in [-0.15, -0.1) is 0 Å². The van der Waals surface area contributed by atoms with Crippen molar-refractivity contribution in [2.45, 2.75) is 26.3 Å². The molecule has 0 radical (unpaired) electrons. The van der Waals surface area contributed by atoms with Crippen molar-refractivity contribution < 1.29 is 9.18 Å². The summed E-state index contributed by atoms with van der Waals surface area (Å²) in [5, 5.41) is 2.61. The second kappa shape index (κ2) is 8.28. The third-order valence-corrected chi connectivity index (χ3v) is 5.48. The van der Waals surface area contributed by atoms with E-state index in [0.29, 0.717) is 36.5 Å². The zero-order chi connectivity index (χ0) is 21.3. The zero-order valence-electron chi connectivity index (χ0n) is 16.3. The van der Waals surface area contributed by atoms with E-state index in [1.54, 1.807) is 0 Å². The van der Waals surface area contributed by atoms with Gasteiger partial charge in [0.25, 0.3) is 5.56 Å². The Kier molecular flexibility index (Phi) is 5.55. The van der Waals surface area contributed by atoms with Crippen molar-refractivity contribution in [2.24, 2.45) is 0 Å². The highest BCUT2D eigenvalue weighted by Gasteiger charge is 2.25. The molecule has 3 aromatic rings. The summed E-state index contributed by atoms with van der Waals surface area (Å²) >= 11 is 5.76. The van der Waals surface area contributed by atoms with Gasteiger partial charge in [-0.2, -0.15) is 0 Å². The van der Waals surface area contributed by atoms with Gasteiger partial charge in [0, 0.05) is 25.1 Å². The highest BCUT2D eigenvalue weighted by molar-refractivity contribution is 6.31. The topological polar surface area (TPSA) is 78.1 Å². The predicted molar refractivity (Wildman–Crippen MR) is 113 cm³/mol. The molecule has 0 atom stereocenters. The number of benzene rings is 2. The van der Waals surface area contributed by atoms with Gasteiger partial charge in [0.15, 0.2) is 0 Å². The number of carbonyl (C=O) groups is 1. The summed E-state index contributed by atoms with van der Waals surface area (Å²) in [5.41, 5.74) is 3.61. The molecular weight excluding hydrogens is 407 g/mol. The van der Waals surface area contributed by atoms with Crippen LogP contribution in [0.25, 0.3) is 0 Å². The van der Waals surface area contributed by atoms with Crippen molar-refractivity contribution in [3.05, 3.63) is 91.9 Å². The Morgan fingerprint density at radius 3 is 2.87 bits per heavy atom. The summed E-state index contributed by atoms with van der Waals surface area (Å²) in [5.74, 6) is 0.0626. The molecule has 6 nitrogen and oxygen atoms in total. The fraction of sp³-hybridized carbons (Fsp3) is 0.227. The number of amides is 2. The minimum Gasteiger partial charge on any atom is -0.320 e. The van der Waals surface area contributed by atoms with Gasteiger partial charge in [0.1, 0.15) is 11.6 Å². The monoisotopic (exact) mass is 426 g/mol. The van der Waals surface area contributed by atoms with Gasteiger partial charge in [-0.25, -0.2) is 14.2 Å². The van der Waals surface area contributed by atoms with Crippen LogP contribution in [0, 0.1) is 12.7 Å². The van der Waals surface area contributed by atoms with E-state index in [2.05, 4.69) is 15.3 Å². The number of aryl methyl sites for hydroxylation is 1. The fourth-order valence-corrected chi connectivity index (χ4v) is 3.68. The number of aromatic amines is 1. The Hall–Kier alpha value is -3.19. The number of nitrogens with one attached hydrogen (secondary N) is 2. The van der Waals surface area contributed by atoms with Crippen LogP contribution in [0.2, 0.25) is 5.02 Å². The predicted octanol–water partition coefficient (Wildman–Crippen LogP) is 4.05. The lowest BCUT2D eigenvalue weighted by Crippen LogP contribution is -2.42. The van der Waals surface area contributed by atoms with Crippen LogP contribution in [0.5, 0.6) is 0 Å². The van der Waals surface area contributed by atoms with Crippen LogP contribution in [0.1, 0.15) is 28.2 Å². The smallest absolute Gasteiger partial charge is 0.320 e. The van der Waals surface area contributed by atoms with Crippen LogP contribution in [-0.2, 0) is 19.4 Å². The first-order valence-corrected chi connectivity index (χ1v) is 9.95. The molecule has 4 rings (SSSR count). The lowest BCUT2D eigenvalue weighted by Gasteiger charge is -2.28. The average Bonchev–Trinajstić information content (AvgIpc) is 2.72. The number of urea groups is 1. The van der Waals surface area contributed by atoms with Gasteiger partial charge < -0.3 is 15.2 Å². The van der Waals surface area contributed by atoms with Crippen molar-refractivity contribution in [2.75, 3.05) is 11.9 Å². The highest BCUT2D eigenvalue weighted by Crippen LogP contribution is 2.21. The Morgan fingerprint density at radius 1 is 1.30 bits per heavy atom. The average molecular weight is 427 g/mol. The molecule has 30 heavy (non-hydrogen) atoms. The van der Waals surface area contributed by atoms with Crippen LogP contribution >= 0.6 is 11.6 Å². The normalized spacial score (nSPS) is 13.1. The number of halogens is 2. The molecule has 8 heteroatoms. The van der Waals surface area contributed by atoms with E-state index in [4.69, 9.17) is 11.6 Å². The Morgan fingerprint density at radius 2 is 2.10 bits per heavy atom. The van der Waals surface area contributed by atoms with E-state index >= 15 is 0 Å². The van der Waals surface area contributed by atoms with E-state index in [1.165, 1.54) is 23.1 Å². The molecule has 1 aromatic heterocycles. The molecule has 1 aliphatic rings. The van der Waals surface area contributed by atoms with E-state index in [9.17, 15) is 14.0 Å². The SMILES string of the molecule is Cc1ccccc1Cc1nc2c(c(=O)[nH]1)CN(C(=O)Nc1ccc(F)c(Cl)c1)CC2. The van der Waals surface area contributed by atoms with Gasteiger partial charge >= 0.3 is 6.03 Å². The first kappa shape index (κ1) is 20.1. The molecule has 2 N–H and O–H groups in total. The Balaban J connectivity index is 1.50. The van der Waals surface area contributed by atoms with E-state index < -0.39 is 5.82 Å². The summed E-state index contributed by atoms with van der Waals surface area (Å²) in [4.78, 5) is 34.2. The number of H-pyrrole nitrogens is 1. The van der Waals surface area contributed by atoms with Crippen molar-refractivity contribution in [1.29, 1.82) is 0 Å². The summed E-state index contributed by atoms with van der Waals surface area (Å²) in [6.45, 7) is 2.60. The molecule has 0 aliphatic carbocycles. The van der Waals surface area contributed by atoms with Crippen LogP contribution in [0.3, 0.4) is 0 Å². The second-order valence-electron chi connectivity index (χ2n) is 7.27. The molecule has 0 saturated heterocycles. The number of hydrogen-bond acceptors (Lipinski definition) is 3. The van der Waals surface area contributed by atoms with Crippen LogP contribution in [0.4, 0.5) is 14.9 Å². The molecule has 0 unspecified atom stereocenters. The highest BCUT2D eigenvalue weighted by atomic mass is 35.5. The quantitative estimate of drug-likeness (QED) is 0.663. The number of anilines is 1. The molecule has 1 aliphatic heterocycles. The van der Waals surface area contributed by atoms with Gasteiger partial charge in [0.2, 0.25) is 0 Å². The van der Waals surface area contributed by atoms with Crippen molar-refractivity contribution in [3.8, 4) is 0 Å². The maximum Gasteiger partial charge on any atom is 0.322 e. The second-order valence-corrected chi connectivity index (χ2v) is 7.68. The number of rotatable bonds is 3. The number of hydrogen-bond donors (Lipinski definition) is 2. The van der Waals surface area contributed by atoms with Crippen LogP contribution in [-0.4, -0.2) is 27.4 Å². The lowest BCUT2D eigenvalue weighted by atomic mass is 10.0. The first-order chi connectivity index (χ1) is 14.4. The summed E-state index contributed by atoms with van der Waals surface area (Å²) in [6.07, 6.45) is 1.03. The molecule has 2 amide bonds. The Labute approximate surface area is 177 Å². The van der Waals surface area contributed by atoms with Crippen molar-refractivity contribution in [1.82, 2.24) is 14.9 Å². The zero-order valence-corrected chi connectivity index (χ0v) is 17.1. The van der Waals surface area contributed by atoms with Gasteiger partial charge in [-0.05, 0) is 36.2 Å². The Bertz CT molecular complexity index is 1180. The lowest BCUT2D eigenvalue weighted by molar-refractivity contribution is 0.205. The molecule has 0 fully saturated rings. The molecule has 0 bridgehead atoms.